The summed E-state index contributed by atoms with van der Waals surface area (Å²) in [5.74, 6) is 0. The second-order valence-electron chi connectivity index (χ2n) is 6.17. The van der Waals surface area contributed by atoms with E-state index < -0.39 is 11.7 Å². The number of alkyl carbamates (subject to hydrolysis) is 1. The Hall–Kier alpha value is -0.810. The van der Waals surface area contributed by atoms with Crippen LogP contribution in [0.3, 0.4) is 0 Å². The maximum absolute atomic E-state index is 11.6. The first-order valence-electron chi connectivity index (χ1n) is 6.06. The minimum atomic E-state index is -0.489. The van der Waals surface area contributed by atoms with Crippen LogP contribution in [0.15, 0.2) is 0 Å². The maximum atomic E-state index is 11.6. The summed E-state index contributed by atoms with van der Waals surface area (Å²) in [6, 6.07) is -0.0363. The van der Waals surface area contributed by atoms with Gasteiger partial charge in [0.25, 0.3) is 0 Å². The number of ether oxygens (including phenoxy) is 2. The second kappa shape index (κ2) is 4.14. The Kier molecular flexibility index (Phi) is 3.08. The molecule has 2 aliphatic rings. The number of fused-ring (bicyclic) bond motifs is 2. The molecule has 0 unspecified atom stereocenters. The van der Waals surface area contributed by atoms with E-state index in [4.69, 9.17) is 9.47 Å². The van der Waals surface area contributed by atoms with Crippen molar-refractivity contribution in [2.75, 3.05) is 13.2 Å². The van der Waals surface area contributed by atoms with E-state index in [1.54, 1.807) is 0 Å². The molecule has 2 rings (SSSR count). The molecule has 1 aliphatic carbocycles. The highest BCUT2D eigenvalue weighted by Crippen LogP contribution is 2.45. The maximum Gasteiger partial charge on any atom is 0.407 e. The molecule has 1 amide bonds. The molecule has 1 heterocycles. The van der Waals surface area contributed by atoms with Crippen molar-refractivity contribution in [1.29, 1.82) is 0 Å². The summed E-state index contributed by atoms with van der Waals surface area (Å²) < 4.78 is 10.8. The lowest BCUT2D eigenvalue weighted by molar-refractivity contribution is -0.0000865. The van der Waals surface area contributed by atoms with Gasteiger partial charge in [-0.3, -0.25) is 0 Å². The van der Waals surface area contributed by atoms with Crippen molar-refractivity contribution in [3.05, 3.63) is 0 Å². The Morgan fingerprint density at radius 2 is 2.24 bits per heavy atom. The van der Waals surface area contributed by atoms with Crippen molar-refractivity contribution in [1.82, 2.24) is 5.32 Å². The number of hydrogen-bond donors (Lipinski definition) is 2. The molecule has 0 radical (unpaired) electrons. The van der Waals surface area contributed by atoms with Crippen molar-refractivity contribution in [3.63, 3.8) is 0 Å². The van der Waals surface area contributed by atoms with Gasteiger partial charge >= 0.3 is 6.09 Å². The average molecular weight is 243 g/mol. The Morgan fingerprint density at radius 3 is 2.76 bits per heavy atom. The van der Waals surface area contributed by atoms with Gasteiger partial charge in [-0.1, -0.05) is 0 Å². The fraction of sp³-hybridized carbons (Fsp3) is 0.917. The Morgan fingerprint density at radius 1 is 1.53 bits per heavy atom. The molecule has 0 spiro atoms. The number of carbonyl (C=O) groups excluding carboxylic acids is 1. The highest BCUT2D eigenvalue weighted by Gasteiger charge is 2.52. The van der Waals surface area contributed by atoms with Crippen LogP contribution in [0.4, 0.5) is 4.79 Å². The molecule has 0 aromatic rings. The van der Waals surface area contributed by atoms with Crippen LogP contribution in [0.1, 0.15) is 33.6 Å². The molecule has 17 heavy (non-hydrogen) atoms. The molecular formula is C12H21NO4. The number of aliphatic hydroxyl groups excluding tert-OH is 1. The molecule has 2 N–H and O–H groups in total. The second-order valence-corrected chi connectivity index (χ2v) is 6.17. The van der Waals surface area contributed by atoms with E-state index in [1.807, 2.05) is 20.8 Å². The van der Waals surface area contributed by atoms with Gasteiger partial charge in [0.15, 0.2) is 0 Å². The number of hydrogen-bond acceptors (Lipinski definition) is 4. The molecule has 1 saturated heterocycles. The van der Waals surface area contributed by atoms with E-state index in [0.717, 1.165) is 12.8 Å². The zero-order valence-corrected chi connectivity index (χ0v) is 10.7. The van der Waals surface area contributed by atoms with Gasteiger partial charge in [-0.05, 0) is 33.6 Å². The third kappa shape index (κ3) is 2.72. The Balaban J connectivity index is 1.88. The molecule has 0 aromatic carbocycles. The van der Waals surface area contributed by atoms with Crippen molar-refractivity contribution in [2.45, 2.75) is 51.4 Å². The smallest absolute Gasteiger partial charge is 0.407 e. The summed E-state index contributed by atoms with van der Waals surface area (Å²) in [6.07, 6.45) is 1.21. The SMILES string of the molecule is CC(C)(C)OC(=O)N[C@@H]1C[C@@]2(CO)CO[C@@H]1C2. The number of aliphatic hydroxyl groups is 1. The number of amides is 1. The van der Waals surface area contributed by atoms with Gasteiger partial charge in [-0.15, -0.1) is 0 Å². The van der Waals surface area contributed by atoms with E-state index in [1.165, 1.54) is 0 Å². The van der Waals surface area contributed by atoms with Gasteiger partial charge in [0.05, 0.1) is 25.4 Å². The predicted octanol–water partition coefficient (Wildman–Crippen LogP) is 1.05. The van der Waals surface area contributed by atoms with Crippen LogP contribution in [0.25, 0.3) is 0 Å². The summed E-state index contributed by atoms with van der Waals surface area (Å²) in [5.41, 5.74) is -0.637. The molecule has 98 valence electrons. The summed E-state index contributed by atoms with van der Waals surface area (Å²) in [7, 11) is 0. The summed E-state index contributed by atoms with van der Waals surface area (Å²) in [6.45, 7) is 6.22. The first-order chi connectivity index (χ1) is 7.84. The van der Waals surface area contributed by atoms with E-state index in [0.29, 0.717) is 6.61 Å². The van der Waals surface area contributed by atoms with Crippen LogP contribution in [-0.2, 0) is 9.47 Å². The van der Waals surface area contributed by atoms with Gasteiger partial charge < -0.3 is 19.9 Å². The summed E-state index contributed by atoms with van der Waals surface area (Å²) in [4.78, 5) is 11.6. The summed E-state index contributed by atoms with van der Waals surface area (Å²) in [5, 5.41) is 12.2. The number of rotatable bonds is 2. The molecule has 2 fully saturated rings. The molecule has 2 bridgehead atoms. The van der Waals surface area contributed by atoms with Crippen molar-refractivity contribution in [2.24, 2.45) is 5.41 Å². The van der Waals surface area contributed by atoms with Crippen molar-refractivity contribution >= 4 is 6.09 Å². The first kappa shape index (κ1) is 12.6. The third-order valence-corrected chi connectivity index (χ3v) is 3.38. The number of nitrogens with one attached hydrogen (secondary N) is 1. The van der Waals surface area contributed by atoms with Crippen molar-refractivity contribution in [3.8, 4) is 0 Å². The van der Waals surface area contributed by atoms with E-state index in [9.17, 15) is 9.90 Å². The van der Waals surface area contributed by atoms with E-state index in [2.05, 4.69) is 5.32 Å². The molecule has 3 atom stereocenters. The minimum Gasteiger partial charge on any atom is -0.444 e. The van der Waals surface area contributed by atoms with Gasteiger partial charge in [0.1, 0.15) is 5.60 Å². The fourth-order valence-corrected chi connectivity index (χ4v) is 2.60. The van der Waals surface area contributed by atoms with Crippen LogP contribution in [0.5, 0.6) is 0 Å². The van der Waals surface area contributed by atoms with Crippen molar-refractivity contribution < 1.29 is 19.4 Å². The topological polar surface area (TPSA) is 67.8 Å². The molecule has 5 heteroatoms. The monoisotopic (exact) mass is 243 g/mol. The molecular weight excluding hydrogens is 222 g/mol. The predicted molar refractivity (Wildman–Crippen MR) is 61.7 cm³/mol. The van der Waals surface area contributed by atoms with Crippen LogP contribution in [0.2, 0.25) is 0 Å². The lowest BCUT2D eigenvalue weighted by Crippen LogP contribution is -2.46. The molecule has 5 nitrogen and oxygen atoms in total. The third-order valence-electron chi connectivity index (χ3n) is 3.38. The van der Waals surface area contributed by atoms with Gasteiger partial charge in [-0.2, -0.15) is 0 Å². The van der Waals surface area contributed by atoms with Gasteiger partial charge in [-0.25, -0.2) is 4.79 Å². The zero-order valence-electron chi connectivity index (χ0n) is 10.7. The van der Waals surface area contributed by atoms with E-state index >= 15 is 0 Å². The minimum absolute atomic E-state index is 0.0228. The molecule has 1 aliphatic heterocycles. The van der Waals surface area contributed by atoms with E-state index in [-0.39, 0.29) is 24.2 Å². The zero-order chi connectivity index (χ0) is 12.7. The lowest BCUT2D eigenvalue weighted by atomic mass is 9.89. The highest BCUT2D eigenvalue weighted by molar-refractivity contribution is 5.68. The summed E-state index contributed by atoms with van der Waals surface area (Å²) >= 11 is 0. The normalized spacial score (nSPS) is 36.0. The van der Waals surface area contributed by atoms with Crippen LogP contribution >= 0.6 is 0 Å². The first-order valence-corrected chi connectivity index (χ1v) is 6.06. The quantitative estimate of drug-likeness (QED) is 0.760. The van der Waals surface area contributed by atoms with Crippen LogP contribution < -0.4 is 5.32 Å². The highest BCUT2D eigenvalue weighted by atomic mass is 16.6. The largest absolute Gasteiger partial charge is 0.444 e. The fourth-order valence-electron chi connectivity index (χ4n) is 2.60. The Labute approximate surface area is 101 Å². The molecule has 0 aromatic heterocycles. The average Bonchev–Trinajstić information content (AvgIpc) is 2.72. The van der Waals surface area contributed by atoms with Gasteiger partial charge in [0, 0.05) is 5.41 Å². The van der Waals surface area contributed by atoms with Gasteiger partial charge in [0.2, 0.25) is 0 Å². The van der Waals surface area contributed by atoms with Crippen LogP contribution in [0, 0.1) is 5.41 Å². The number of carbonyl (C=O) groups is 1. The standard InChI is InChI=1S/C12H21NO4/c1-11(2,3)17-10(15)13-8-4-12(6-14)5-9(8)16-7-12/h8-9,14H,4-7H2,1-3H3,(H,13,15)/t8-,9-,12-/m1/s1. The molecule has 1 saturated carbocycles. The van der Waals surface area contributed by atoms with Crippen LogP contribution in [-0.4, -0.2) is 42.2 Å². The lowest BCUT2D eigenvalue weighted by Gasteiger charge is -2.29. The Bertz CT molecular complexity index is 312.